The van der Waals surface area contributed by atoms with Crippen molar-refractivity contribution in [1.29, 1.82) is 0 Å². The average Bonchev–Trinajstić information content (AvgIpc) is 2.54. The summed E-state index contributed by atoms with van der Waals surface area (Å²) >= 11 is 0. The summed E-state index contributed by atoms with van der Waals surface area (Å²) in [4.78, 5) is 0. The molecule has 0 rings (SSSR count). The zero-order valence-electron chi connectivity index (χ0n) is 15.4. The van der Waals surface area contributed by atoms with Crippen molar-refractivity contribution in [3.8, 4) is 0 Å². The lowest BCUT2D eigenvalue weighted by Crippen LogP contribution is -2.09. The quantitative estimate of drug-likeness (QED) is 0.241. The standard InChI is InChI=1S/C20H39O2/c1-5-6-7-8-9-10-11-12-13-14-15-16-20(22-4)18-17-19(2)21-3/h17,20H,1,5-16,18H2,2-4H3/b19-17-. The Morgan fingerprint density at radius 1 is 0.864 bits per heavy atom. The Balaban J connectivity index is 3.36. The number of rotatable bonds is 16. The number of hydrogen-bond donors (Lipinski definition) is 0. The maximum Gasteiger partial charge on any atom is 0.0885 e. The number of hydrogen-bond acceptors (Lipinski definition) is 2. The number of unbranched alkanes of at least 4 members (excludes halogenated alkanes) is 10. The van der Waals surface area contributed by atoms with E-state index in [2.05, 4.69) is 13.0 Å². The second-order valence-corrected chi connectivity index (χ2v) is 6.29. The topological polar surface area (TPSA) is 18.5 Å². The molecule has 0 aliphatic rings. The Morgan fingerprint density at radius 2 is 1.36 bits per heavy atom. The first-order chi connectivity index (χ1) is 10.7. The van der Waals surface area contributed by atoms with Crippen LogP contribution in [-0.4, -0.2) is 20.3 Å². The largest absolute Gasteiger partial charge is 0.502 e. The molecule has 131 valence electrons. The van der Waals surface area contributed by atoms with Crippen LogP contribution >= 0.6 is 0 Å². The Bertz CT molecular complexity index is 248. The van der Waals surface area contributed by atoms with Crippen LogP contribution in [0.2, 0.25) is 0 Å². The van der Waals surface area contributed by atoms with Gasteiger partial charge in [0, 0.05) is 7.11 Å². The Morgan fingerprint density at radius 3 is 1.82 bits per heavy atom. The Kier molecular flexibility index (Phi) is 16.5. The molecule has 0 aliphatic carbocycles. The van der Waals surface area contributed by atoms with Gasteiger partial charge in [-0.3, -0.25) is 0 Å². The zero-order chi connectivity index (χ0) is 16.5. The van der Waals surface area contributed by atoms with Crippen LogP contribution in [-0.2, 0) is 9.47 Å². The highest BCUT2D eigenvalue weighted by Crippen LogP contribution is 2.15. The molecule has 0 aromatic rings. The van der Waals surface area contributed by atoms with Crippen molar-refractivity contribution in [2.24, 2.45) is 0 Å². The molecule has 0 N–H and O–H groups in total. The molecule has 0 spiro atoms. The number of methoxy groups -OCH3 is 2. The summed E-state index contributed by atoms with van der Waals surface area (Å²) in [5.41, 5.74) is 0. The third-order valence-electron chi connectivity index (χ3n) is 4.35. The van der Waals surface area contributed by atoms with Crippen molar-refractivity contribution < 1.29 is 9.47 Å². The third-order valence-corrected chi connectivity index (χ3v) is 4.35. The van der Waals surface area contributed by atoms with Crippen LogP contribution in [0.25, 0.3) is 0 Å². The molecular weight excluding hydrogens is 272 g/mol. The second kappa shape index (κ2) is 16.9. The lowest BCUT2D eigenvalue weighted by molar-refractivity contribution is 0.0942. The monoisotopic (exact) mass is 311 g/mol. The summed E-state index contributed by atoms with van der Waals surface area (Å²) in [5.74, 6) is 0.984. The summed E-state index contributed by atoms with van der Waals surface area (Å²) in [6.07, 6.45) is 19.4. The Hall–Kier alpha value is -0.500. The van der Waals surface area contributed by atoms with Gasteiger partial charge in [-0.1, -0.05) is 77.6 Å². The van der Waals surface area contributed by atoms with E-state index in [0.29, 0.717) is 6.10 Å². The lowest BCUT2D eigenvalue weighted by Gasteiger charge is -2.13. The SMILES string of the molecule is [CH2]CCCCCCCCCCCCC(C/C=C(/C)OC)OC. The van der Waals surface area contributed by atoms with Gasteiger partial charge in [-0.2, -0.15) is 0 Å². The minimum Gasteiger partial charge on any atom is -0.502 e. The van der Waals surface area contributed by atoms with E-state index >= 15 is 0 Å². The maximum atomic E-state index is 5.53. The normalized spacial score (nSPS) is 13.4. The molecule has 0 aromatic carbocycles. The van der Waals surface area contributed by atoms with Gasteiger partial charge in [0.2, 0.25) is 0 Å². The molecule has 0 saturated carbocycles. The van der Waals surface area contributed by atoms with E-state index in [4.69, 9.17) is 9.47 Å². The van der Waals surface area contributed by atoms with Crippen LogP contribution < -0.4 is 0 Å². The van der Waals surface area contributed by atoms with Crippen molar-refractivity contribution in [2.45, 2.75) is 96.5 Å². The average molecular weight is 312 g/mol. The first kappa shape index (κ1) is 21.5. The number of allylic oxidation sites excluding steroid dienone is 1. The van der Waals surface area contributed by atoms with Crippen LogP contribution in [0.15, 0.2) is 11.8 Å². The molecule has 2 heteroatoms. The molecule has 0 aromatic heterocycles. The molecule has 0 bridgehead atoms. The van der Waals surface area contributed by atoms with Gasteiger partial charge in [-0.15, -0.1) is 0 Å². The molecule has 22 heavy (non-hydrogen) atoms. The van der Waals surface area contributed by atoms with Crippen LogP contribution in [0.5, 0.6) is 0 Å². The van der Waals surface area contributed by atoms with E-state index in [1.807, 2.05) is 14.0 Å². The molecule has 1 atom stereocenters. The summed E-state index contributed by atoms with van der Waals surface area (Å²) in [6, 6.07) is 0. The van der Waals surface area contributed by atoms with E-state index in [1.165, 1.54) is 64.2 Å². The molecule has 2 nitrogen and oxygen atoms in total. The van der Waals surface area contributed by atoms with Gasteiger partial charge >= 0.3 is 0 Å². The fourth-order valence-electron chi connectivity index (χ4n) is 2.68. The third kappa shape index (κ3) is 14.4. The summed E-state index contributed by atoms with van der Waals surface area (Å²) < 4.78 is 10.7. The summed E-state index contributed by atoms with van der Waals surface area (Å²) in [7, 11) is 3.53. The van der Waals surface area contributed by atoms with E-state index in [0.717, 1.165) is 25.0 Å². The summed E-state index contributed by atoms with van der Waals surface area (Å²) in [6.45, 7) is 5.88. The predicted octanol–water partition coefficient (Wildman–Crippen LogP) is 6.46. The lowest BCUT2D eigenvalue weighted by atomic mass is 10.0. The zero-order valence-corrected chi connectivity index (χ0v) is 15.4. The molecule has 1 unspecified atom stereocenters. The highest BCUT2D eigenvalue weighted by molar-refractivity contribution is 4.89. The molecule has 0 amide bonds. The molecule has 0 saturated heterocycles. The van der Waals surface area contributed by atoms with Crippen LogP contribution in [0.1, 0.15) is 90.4 Å². The van der Waals surface area contributed by atoms with Crippen molar-refractivity contribution in [1.82, 2.24) is 0 Å². The first-order valence-electron chi connectivity index (χ1n) is 9.27. The van der Waals surface area contributed by atoms with Gasteiger partial charge in [0.15, 0.2) is 0 Å². The fourth-order valence-corrected chi connectivity index (χ4v) is 2.68. The van der Waals surface area contributed by atoms with Crippen LogP contribution in [0, 0.1) is 6.92 Å². The second-order valence-electron chi connectivity index (χ2n) is 6.29. The van der Waals surface area contributed by atoms with Gasteiger partial charge in [-0.25, -0.2) is 0 Å². The highest BCUT2D eigenvalue weighted by atomic mass is 16.5. The van der Waals surface area contributed by atoms with Crippen molar-refractivity contribution >= 4 is 0 Å². The van der Waals surface area contributed by atoms with E-state index in [-0.39, 0.29) is 0 Å². The fraction of sp³-hybridized carbons (Fsp3) is 0.850. The smallest absolute Gasteiger partial charge is 0.0885 e. The van der Waals surface area contributed by atoms with Crippen molar-refractivity contribution in [3.05, 3.63) is 18.8 Å². The molecular formula is C20H39O2. The van der Waals surface area contributed by atoms with Gasteiger partial charge in [0.1, 0.15) is 0 Å². The van der Waals surface area contributed by atoms with Crippen molar-refractivity contribution in [2.75, 3.05) is 14.2 Å². The Labute approximate surface area is 139 Å². The van der Waals surface area contributed by atoms with E-state index in [9.17, 15) is 0 Å². The van der Waals surface area contributed by atoms with Gasteiger partial charge in [-0.05, 0) is 25.8 Å². The highest BCUT2D eigenvalue weighted by Gasteiger charge is 2.05. The van der Waals surface area contributed by atoms with Crippen LogP contribution in [0.4, 0.5) is 0 Å². The number of ether oxygens (including phenoxy) is 2. The maximum absolute atomic E-state index is 5.53. The molecule has 0 heterocycles. The summed E-state index contributed by atoms with van der Waals surface area (Å²) in [5, 5.41) is 0. The van der Waals surface area contributed by atoms with Gasteiger partial charge in [0.25, 0.3) is 0 Å². The molecule has 1 radical (unpaired) electrons. The molecule has 0 aliphatic heterocycles. The molecule has 0 fully saturated rings. The minimum absolute atomic E-state index is 0.346. The van der Waals surface area contributed by atoms with Gasteiger partial charge in [0.05, 0.1) is 19.0 Å². The van der Waals surface area contributed by atoms with E-state index in [1.54, 1.807) is 7.11 Å². The van der Waals surface area contributed by atoms with E-state index < -0.39 is 0 Å². The minimum atomic E-state index is 0.346. The van der Waals surface area contributed by atoms with Gasteiger partial charge < -0.3 is 9.47 Å². The first-order valence-corrected chi connectivity index (χ1v) is 9.27. The predicted molar refractivity (Wildman–Crippen MR) is 96.9 cm³/mol. The van der Waals surface area contributed by atoms with Crippen LogP contribution in [0.3, 0.4) is 0 Å². The van der Waals surface area contributed by atoms with Crippen molar-refractivity contribution in [3.63, 3.8) is 0 Å².